The molecule has 0 bridgehead atoms. The Balaban J connectivity index is 2.35. The van der Waals surface area contributed by atoms with Gasteiger partial charge in [0.05, 0.1) is 6.54 Å². The predicted molar refractivity (Wildman–Crippen MR) is 53.3 cm³/mol. The van der Waals surface area contributed by atoms with E-state index in [-0.39, 0.29) is 0 Å². The molecule has 0 atom stereocenters. The summed E-state index contributed by atoms with van der Waals surface area (Å²) in [6.45, 7) is 0.726. The third-order valence-corrected chi connectivity index (χ3v) is 2.08. The number of benzene rings is 1. The van der Waals surface area contributed by atoms with Gasteiger partial charge in [0, 0.05) is 17.7 Å². The van der Waals surface area contributed by atoms with Gasteiger partial charge in [0.1, 0.15) is 5.75 Å². The van der Waals surface area contributed by atoms with Crippen LogP contribution in [0.4, 0.5) is 0 Å². The van der Waals surface area contributed by atoms with Crippen LogP contribution in [0.2, 0.25) is 0 Å². The molecule has 66 valence electrons. The van der Waals surface area contributed by atoms with E-state index in [1.54, 1.807) is 6.07 Å². The van der Waals surface area contributed by atoms with Gasteiger partial charge in [-0.2, -0.15) is 0 Å². The first-order valence-electron chi connectivity index (χ1n) is 4.34. The fourth-order valence-electron chi connectivity index (χ4n) is 1.41. The van der Waals surface area contributed by atoms with Crippen LogP contribution in [0.15, 0.2) is 41.4 Å². The topological polar surface area (TPSA) is 32.6 Å². The van der Waals surface area contributed by atoms with Crippen LogP contribution in [0.5, 0.6) is 5.75 Å². The highest BCUT2D eigenvalue weighted by Crippen LogP contribution is 2.19. The second-order valence-electron chi connectivity index (χ2n) is 2.98. The summed E-state index contributed by atoms with van der Waals surface area (Å²) in [5.74, 6) is 0.316. The van der Waals surface area contributed by atoms with Gasteiger partial charge in [-0.1, -0.05) is 24.3 Å². The van der Waals surface area contributed by atoms with Crippen molar-refractivity contribution in [3.05, 3.63) is 42.0 Å². The van der Waals surface area contributed by atoms with Crippen molar-refractivity contribution in [3.8, 4) is 5.75 Å². The zero-order chi connectivity index (χ0) is 9.10. The first-order valence-corrected chi connectivity index (χ1v) is 4.34. The van der Waals surface area contributed by atoms with Crippen molar-refractivity contribution in [3.63, 3.8) is 0 Å². The summed E-state index contributed by atoms with van der Waals surface area (Å²) in [7, 11) is 0. The van der Waals surface area contributed by atoms with Crippen molar-refractivity contribution < 1.29 is 5.11 Å². The number of hydrogen-bond donors (Lipinski definition) is 1. The van der Waals surface area contributed by atoms with Gasteiger partial charge in [0.15, 0.2) is 0 Å². The normalized spacial score (nSPS) is 15.5. The molecule has 0 aromatic heterocycles. The van der Waals surface area contributed by atoms with E-state index >= 15 is 0 Å². The number of phenolic OH excluding ortho intramolecular Hbond substituents is 1. The number of phenols is 1. The summed E-state index contributed by atoms with van der Waals surface area (Å²) in [5, 5.41) is 9.56. The standard InChI is InChI=1S/C11H11NO/c13-11-7-2-1-5-9(11)10-6-3-4-8-12-10/h1-5,7,13H,6,8H2. The molecule has 1 aromatic carbocycles. The molecular formula is C11H11NO. The van der Waals surface area contributed by atoms with Crippen LogP contribution in [-0.2, 0) is 0 Å². The average Bonchev–Trinajstić information content (AvgIpc) is 2.20. The van der Waals surface area contributed by atoms with Crippen molar-refractivity contribution in [1.29, 1.82) is 0 Å². The van der Waals surface area contributed by atoms with Crippen molar-refractivity contribution in [2.24, 2.45) is 4.99 Å². The molecule has 1 N–H and O–H groups in total. The van der Waals surface area contributed by atoms with Gasteiger partial charge >= 0.3 is 0 Å². The zero-order valence-electron chi connectivity index (χ0n) is 7.27. The van der Waals surface area contributed by atoms with Gasteiger partial charge < -0.3 is 5.11 Å². The highest BCUT2D eigenvalue weighted by atomic mass is 16.3. The molecular weight excluding hydrogens is 162 g/mol. The SMILES string of the molecule is Oc1ccccc1C1=NCC=CC1. The van der Waals surface area contributed by atoms with Gasteiger partial charge in [-0.25, -0.2) is 0 Å². The molecule has 0 radical (unpaired) electrons. The number of allylic oxidation sites excluding steroid dienone is 1. The molecule has 0 unspecified atom stereocenters. The largest absolute Gasteiger partial charge is 0.507 e. The van der Waals surface area contributed by atoms with Crippen LogP contribution in [0.1, 0.15) is 12.0 Å². The van der Waals surface area contributed by atoms with E-state index in [4.69, 9.17) is 0 Å². The number of aromatic hydroxyl groups is 1. The average molecular weight is 173 g/mol. The van der Waals surface area contributed by atoms with Crippen molar-refractivity contribution in [2.45, 2.75) is 6.42 Å². The fourth-order valence-corrected chi connectivity index (χ4v) is 1.41. The van der Waals surface area contributed by atoms with Crippen LogP contribution in [0, 0.1) is 0 Å². The number of hydrogen-bond acceptors (Lipinski definition) is 2. The Hall–Kier alpha value is -1.57. The molecule has 0 saturated heterocycles. The minimum absolute atomic E-state index is 0.316. The number of nitrogens with zero attached hydrogens (tertiary/aromatic N) is 1. The Morgan fingerprint density at radius 2 is 2.00 bits per heavy atom. The Labute approximate surface area is 77.3 Å². The molecule has 0 aliphatic carbocycles. The monoisotopic (exact) mass is 173 g/mol. The maximum absolute atomic E-state index is 9.56. The zero-order valence-corrected chi connectivity index (χ0v) is 7.27. The number of dihydropyridines is 1. The Morgan fingerprint density at radius 1 is 1.15 bits per heavy atom. The lowest BCUT2D eigenvalue weighted by Crippen LogP contribution is -2.03. The Kier molecular flexibility index (Phi) is 2.13. The second kappa shape index (κ2) is 3.44. The maximum atomic E-state index is 9.56. The molecule has 2 heteroatoms. The molecule has 0 spiro atoms. The molecule has 1 aliphatic heterocycles. The van der Waals surface area contributed by atoms with Crippen molar-refractivity contribution in [1.82, 2.24) is 0 Å². The van der Waals surface area contributed by atoms with Gasteiger partial charge in [-0.15, -0.1) is 0 Å². The van der Waals surface area contributed by atoms with E-state index in [9.17, 15) is 5.11 Å². The Morgan fingerprint density at radius 3 is 2.69 bits per heavy atom. The third-order valence-electron chi connectivity index (χ3n) is 2.08. The predicted octanol–water partition coefficient (Wildman–Crippen LogP) is 2.14. The van der Waals surface area contributed by atoms with E-state index in [1.807, 2.05) is 24.3 Å². The van der Waals surface area contributed by atoms with Crippen molar-refractivity contribution >= 4 is 5.71 Å². The molecule has 0 fully saturated rings. The maximum Gasteiger partial charge on any atom is 0.124 e. The minimum Gasteiger partial charge on any atom is -0.507 e. The first-order chi connectivity index (χ1) is 6.38. The molecule has 1 aliphatic rings. The fraction of sp³-hybridized carbons (Fsp3) is 0.182. The number of para-hydroxylation sites is 1. The van der Waals surface area contributed by atoms with E-state index < -0.39 is 0 Å². The van der Waals surface area contributed by atoms with Gasteiger partial charge in [-0.05, 0) is 12.1 Å². The van der Waals surface area contributed by atoms with E-state index in [2.05, 4.69) is 11.1 Å². The lowest BCUT2D eigenvalue weighted by Gasteiger charge is -2.08. The van der Waals surface area contributed by atoms with E-state index in [1.165, 1.54) is 0 Å². The minimum atomic E-state index is 0.316. The van der Waals surface area contributed by atoms with E-state index in [0.717, 1.165) is 24.2 Å². The second-order valence-corrected chi connectivity index (χ2v) is 2.98. The summed E-state index contributed by atoms with van der Waals surface area (Å²) < 4.78 is 0. The summed E-state index contributed by atoms with van der Waals surface area (Å²) >= 11 is 0. The molecule has 2 rings (SSSR count). The smallest absolute Gasteiger partial charge is 0.124 e. The van der Waals surface area contributed by atoms with Crippen LogP contribution < -0.4 is 0 Å². The van der Waals surface area contributed by atoms with Crippen LogP contribution >= 0.6 is 0 Å². The summed E-state index contributed by atoms with van der Waals surface area (Å²) in [5.41, 5.74) is 1.83. The lowest BCUT2D eigenvalue weighted by molar-refractivity contribution is 0.474. The quantitative estimate of drug-likeness (QED) is 0.648. The molecule has 0 amide bonds. The summed E-state index contributed by atoms with van der Waals surface area (Å²) in [6.07, 6.45) is 4.93. The van der Waals surface area contributed by atoms with Crippen LogP contribution in [0.3, 0.4) is 0 Å². The molecule has 2 nitrogen and oxygen atoms in total. The Bertz CT molecular complexity index is 366. The van der Waals surface area contributed by atoms with Gasteiger partial charge in [0.25, 0.3) is 0 Å². The molecule has 1 heterocycles. The van der Waals surface area contributed by atoms with Crippen molar-refractivity contribution in [2.75, 3.05) is 6.54 Å². The highest BCUT2D eigenvalue weighted by molar-refractivity contribution is 6.04. The highest BCUT2D eigenvalue weighted by Gasteiger charge is 2.07. The number of rotatable bonds is 1. The van der Waals surface area contributed by atoms with Crippen LogP contribution in [0.25, 0.3) is 0 Å². The molecule has 1 aromatic rings. The molecule has 13 heavy (non-hydrogen) atoms. The number of aliphatic imine (C=N–C) groups is 1. The first kappa shape index (κ1) is 8.05. The third kappa shape index (κ3) is 1.61. The van der Waals surface area contributed by atoms with Gasteiger partial charge in [0.2, 0.25) is 0 Å². The summed E-state index contributed by atoms with van der Waals surface area (Å²) in [4.78, 5) is 4.33. The summed E-state index contributed by atoms with van der Waals surface area (Å²) in [6, 6.07) is 7.32. The van der Waals surface area contributed by atoms with Gasteiger partial charge in [-0.3, -0.25) is 4.99 Å². The van der Waals surface area contributed by atoms with E-state index in [0.29, 0.717) is 5.75 Å². The lowest BCUT2D eigenvalue weighted by atomic mass is 10.0. The molecule has 0 saturated carbocycles. The van der Waals surface area contributed by atoms with Crippen LogP contribution in [-0.4, -0.2) is 17.4 Å².